The van der Waals surface area contributed by atoms with Crippen molar-refractivity contribution in [3.8, 4) is 5.75 Å². The van der Waals surface area contributed by atoms with Crippen molar-refractivity contribution in [1.29, 1.82) is 0 Å². The van der Waals surface area contributed by atoms with E-state index < -0.39 is 32.5 Å². The summed E-state index contributed by atoms with van der Waals surface area (Å²) in [6, 6.07) is 4.66. The molecule has 0 saturated carbocycles. The second kappa shape index (κ2) is 5.57. The maximum Gasteiger partial charge on any atom is 0.342 e. The minimum Gasteiger partial charge on any atom is -0.377 e. The van der Waals surface area contributed by atoms with Crippen LogP contribution in [0.25, 0.3) is 0 Å². The molecule has 0 unspecified atom stereocenters. The predicted molar refractivity (Wildman–Crippen MR) is 70.3 cm³/mol. The first-order chi connectivity index (χ1) is 9.70. The van der Waals surface area contributed by atoms with Crippen molar-refractivity contribution < 1.29 is 25.8 Å². The SMILES string of the molecule is Cc1ccc(Cl)c(OS(=O)(=O)c2cc(F)c(F)cc2F)c1. The van der Waals surface area contributed by atoms with Crippen LogP contribution in [0.1, 0.15) is 5.56 Å². The van der Waals surface area contributed by atoms with E-state index >= 15 is 0 Å². The summed E-state index contributed by atoms with van der Waals surface area (Å²) in [4.78, 5) is -1.11. The smallest absolute Gasteiger partial charge is 0.342 e. The molecule has 3 nitrogen and oxygen atoms in total. The van der Waals surface area contributed by atoms with Crippen LogP contribution >= 0.6 is 11.6 Å². The molecule has 0 radical (unpaired) electrons. The van der Waals surface area contributed by atoms with Gasteiger partial charge in [-0.25, -0.2) is 13.2 Å². The molecule has 0 bridgehead atoms. The Morgan fingerprint density at radius 3 is 2.29 bits per heavy atom. The molecule has 0 N–H and O–H groups in total. The van der Waals surface area contributed by atoms with Gasteiger partial charge in [0.05, 0.1) is 5.02 Å². The van der Waals surface area contributed by atoms with Gasteiger partial charge in [-0.3, -0.25) is 0 Å². The summed E-state index contributed by atoms with van der Waals surface area (Å²) in [6.07, 6.45) is 0. The molecule has 0 aromatic heterocycles. The highest BCUT2D eigenvalue weighted by molar-refractivity contribution is 7.87. The average Bonchev–Trinajstić information content (AvgIpc) is 2.37. The fraction of sp³-hybridized carbons (Fsp3) is 0.0769. The Bertz CT molecular complexity index is 807. The summed E-state index contributed by atoms with van der Waals surface area (Å²) in [5.74, 6) is -4.70. The Morgan fingerprint density at radius 1 is 1.00 bits per heavy atom. The fourth-order valence-electron chi connectivity index (χ4n) is 1.53. The molecule has 0 saturated heterocycles. The molecule has 0 atom stereocenters. The molecule has 0 amide bonds. The molecule has 2 aromatic rings. The molecule has 21 heavy (non-hydrogen) atoms. The first-order valence-electron chi connectivity index (χ1n) is 5.56. The van der Waals surface area contributed by atoms with Crippen LogP contribution in [0.4, 0.5) is 13.2 Å². The van der Waals surface area contributed by atoms with Crippen molar-refractivity contribution in [2.24, 2.45) is 0 Å². The lowest BCUT2D eigenvalue weighted by Crippen LogP contribution is -2.13. The van der Waals surface area contributed by atoms with Gasteiger partial charge in [-0.1, -0.05) is 17.7 Å². The molecule has 0 fully saturated rings. The number of benzene rings is 2. The van der Waals surface area contributed by atoms with E-state index in [2.05, 4.69) is 4.18 Å². The first kappa shape index (κ1) is 15.7. The summed E-state index contributed by atoms with van der Waals surface area (Å²) >= 11 is 5.77. The molecule has 0 aliphatic heterocycles. The topological polar surface area (TPSA) is 43.4 Å². The van der Waals surface area contributed by atoms with Crippen LogP contribution in [0.2, 0.25) is 5.02 Å². The molecule has 0 heterocycles. The lowest BCUT2D eigenvalue weighted by Gasteiger charge is -2.10. The summed E-state index contributed by atoms with van der Waals surface area (Å²) < 4.78 is 68.0. The fourth-order valence-corrected chi connectivity index (χ4v) is 2.74. The van der Waals surface area contributed by atoms with Crippen molar-refractivity contribution in [2.45, 2.75) is 11.8 Å². The van der Waals surface area contributed by atoms with Gasteiger partial charge in [0, 0.05) is 12.1 Å². The van der Waals surface area contributed by atoms with E-state index in [0.29, 0.717) is 5.56 Å². The zero-order valence-electron chi connectivity index (χ0n) is 10.5. The molecule has 112 valence electrons. The zero-order chi connectivity index (χ0) is 15.8. The Labute approximate surface area is 124 Å². The van der Waals surface area contributed by atoms with Crippen molar-refractivity contribution in [3.63, 3.8) is 0 Å². The monoisotopic (exact) mass is 336 g/mol. The Kier molecular flexibility index (Phi) is 4.15. The zero-order valence-corrected chi connectivity index (χ0v) is 12.1. The van der Waals surface area contributed by atoms with Crippen LogP contribution in [-0.2, 0) is 10.1 Å². The second-order valence-electron chi connectivity index (χ2n) is 4.17. The van der Waals surface area contributed by atoms with Gasteiger partial charge in [-0.2, -0.15) is 8.42 Å². The lowest BCUT2D eigenvalue weighted by molar-refractivity contribution is 0.460. The number of aryl methyl sites for hydroxylation is 1. The average molecular weight is 337 g/mol. The van der Waals surface area contributed by atoms with Crippen molar-refractivity contribution in [1.82, 2.24) is 0 Å². The van der Waals surface area contributed by atoms with Gasteiger partial charge in [0.15, 0.2) is 17.4 Å². The van der Waals surface area contributed by atoms with E-state index in [-0.39, 0.29) is 22.9 Å². The van der Waals surface area contributed by atoms with E-state index in [0.717, 1.165) is 0 Å². The molecule has 0 spiro atoms. The maximum absolute atomic E-state index is 13.5. The molecular formula is C13H8ClF3O3S. The van der Waals surface area contributed by atoms with Crippen LogP contribution in [-0.4, -0.2) is 8.42 Å². The van der Waals surface area contributed by atoms with Gasteiger partial charge in [0.25, 0.3) is 0 Å². The molecule has 8 heteroatoms. The number of hydrogen-bond acceptors (Lipinski definition) is 3. The van der Waals surface area contributed by atoms with Crippen LogP contribution in [0.5, 0.6) is 5.75 Å². The summed E-state index contributed by atoms with van der Waals surface area (Å²) in [6.45, 7) is 1.66. The van der Waals surface area contributed by atoms with Crippen LogP contribution < -0.4 is 4.18 Å². The highest BCUT2D eigenvalue weighted by Gasteiger charge is 2.25. The third-order valence-corrected chi connectivity index (χ3v) is 4.09. The van der Waals surface area contributed by atoms with Gasteiger partial charge in [0.2, 0.25) is 0 Å². The normalized spacial score (nSPS) is 11.5. The van der Waals surface area contributed by atoms with Gasteiger partial charge in [-0.15, -0.1) is 0 Å². The van der Waals surface area contributed by atoms with Gasteiger partial charge in [-0.05, 0) is 24.6 Å². The van der Waals surface area contributed by atoms with Crippen LogP contribution in [0.15, 0.2) is 35.2 Å². The molecule has 0 aliphatic rings. The summed E-state index contributed by atoms with van der Waals surface area (Å²) in [7, 11) is -4.69. The van der Waals surface area contributed by atoms with Crippen molar-refractivity contribution in [3.05, 3.63) is 58.4 Å². The summed E-state index contributed by atoms with van der Waals surface area (Å²) in [5, 5.41) is -0.0211. The van der Waals surface area contributed by atoms with Crippen LogP contribution in [0, 0.1) is 24.4 Å². The van der Waals surface area contributed by atoms with Crippen molar-refractivity contribution >= 4 is 21.7 Å². The van der Waals surface area contributed by atoms with Gasteiger partial charge >= 0.3 is 10.1 Å². The molecule has 0 aliphatic carbocycles. The molecule has 2 rings (SSSR count). The highest BCUT2D eigenvalue weighted by Crippen LogP contribution is 2.29. The third-order valence-electron chi connectivity index (χ3n) is 2.53. The van der Waals surface area contributed by atoms with Gasteiger partial charge in [0.1, 0.15) is 10.7 Å². The minimum atomic E-state index is -4.69. The Balaban J connectivity index is 2.48. The quantitative estimate of drug-likeness (QED) is 0.632. The highest BCUT2D eigenvalue weighted by atomic mass is 35.5. The van der Waals surface area contributed by atoms with E-state index in [1.807, 2.05) is 0 Å². The number of halogens is 4. The van der Waals surface area contributed by atoms with E-state index in [1.165, 1.54) is 12.1 Å². The number of hydrogen-bond donors (Lipinski definition) is 0. The first-order valence-corrected chi connectivity index (χ1v) is 7.34. The molecule has 2 aromatic carbocycles. The molecular weight excluding hydrogens is 329 g/mol. The van der Waals surface area contributed by atoms with Crippen LogP contribution in [0.3, 0.4) is 0 Å². The van der Waals surface area contributed by atoms with E-state index in [4.69, 9.17) is 11.6 Å². The summed E-state index contributed by atoms with van der Waals surface area (Å²) in [5.41, 5.74) is 0.648. The second-order valence-corrected chi connectivity index (χ2v) is 6.09. The predicted octanol–water partition coefficient (Wildman–Crippen LogP) is 3.83. The Hall–Kier alpha value is -1.73. The van der Waals surface area contributed by atoms with E-state index in [9.17, 15) is 21.6 Å². The largest absolute Gasteiger partial charge is 0.377 e. The maximum atomic E-state index is 13.5. The van der Waals surface area contributed by atoms with Crippen molar-refractivity contribution in [2.75, 3.05) is 0 Å². The third kappa shape index (κ3) is 3.30. The lowest BCUT2D eigenvalue weighted by atomic mass is 10.2. The standard InChI is InChI=1S/C13H8ClF3O3S/c1-7-2-3-8(14)12(4-7)20-21(18,19)13-6-10(16)9(15)5-11(13)17/h2-6H,1H3. The van der Waals surface area contributed by atoms with E-state index in [1.54, 1.807) is 13.0 Å². The Morgan fingerprint density at radius 2 is 1.62 bits per heavy atom. The minimum absolute atomic E-state index is 0.0211. The van der Waals surface area contributed by atoms with Gasteiger partial charge < -0.3 is 4.18 Å². The number of rotatable bonds is 3.